The Labute approximate surface area is 123 Å². The lowest BCUT2D eigenvalue weighted by atomic mass is 10.1. The van der Waals surface area contributed by atoms with Gasteiger partial charge in [0.05, 0.1) is 26.2 Å². The van der Waals surface area contributed by atoms with Gasteiger partial charge in [0.2, 0.25) is 0 Å². The van der Waals surface area contributed by atoms with E-state index in [1.165, 1.54) is 0 Å². The van der Waals surface area contributed by atoms with Gasteiger partial charge >= 0.3 is 5.97 Å². The SMILES string of the molecule is O=C(O)C[C@@H]1COCCN1Cc1cccc(OCCO)c1. The maximum absolute atomic E-state index is 10.9. The van der Waals surface area contributed by atoms with Crippen LogP contribution in [0.4, 0.5) is 0 Å². The summed E-state index contributed by atoms with van der Waals surface area (Å²) in [6.07, 6.45) is 0.0840. The number of hydrogen-bond acceptors (Lipinski definition) is 5. The summed E-state index contributed by atoms with van der Waals surface area (Å²) in [5, 5.41) is 17.7. The van der Waals surface area contributed by atoms with Crippen molar-refractivity contribution in [3.8, 4) is 5.75 Å². The summed E-state index contributed by atoms with van der Waals surface area (Å²) >= 11 is 0. The number of morpholine rings is 1. The molecular weight excluding hydrogens is 274 g/mol. The van der Waals surface area contributed by atoms with Crippen LogP contribution in [0.15, 0.2) is 24.3 Å². The number of aliphatic hydroxyl groups excluding tert-OH is 1. The van der Waals surface area contributed by atoms with E-state index in [2.05, 4.69) is 4.90 Å². The molecule has 1 aliphatic heterocycles. The Bertz CT molecular complexity index is 465. The van der Waals surface area contributed by atoms with E-state index in [-0.39, 0.29) is 25.7 Å². The monoisotopic (exact) mass is 295 g/mol. The smallest absolute Gasteiger partial charge is 0.305 e. The molecule has 0 aliphatic carbocycles. The van der Waals surface area contributed by atoms with E-state index in [0.717, 1.165) is 12.1 Å². The number of nitrogens with zero attached hydrogens (tertiary/aromatic N) is 1. The summed E-state index contributed by atoms with van der Waals surface area (Å²) in [4.78, 5) is 13.0. The molecule has 0 amide bonds. The van der Waals surface area contributed by atoms with Crippen molar-refractivity contribution in [2.45, 2.75) is 19.0 Å². The molecule has 1 fully saturated rings. The van der Waals surface area contributed by atoms with Gasteiger partial charge in [-0.3, -0.25) is 9.69 Å². The molecule has 21 heavy (non-hydrogen) atoms. The third-order valence-corrected chi connectivity index (χ3v) is 3.40. The predicted molar refractivity (Wildman–Crippen MR) is 76.3 cm³/mol. The Morgan fingerprint density at radius 3 is 3.10 bits per heavy atom. The van der Waals surface area contributed by atoms with E-state index in [4.69, 9.17) is 19.7 Å². The molecule has 1 aromatic carbocycles. The number of aliphatic carboxylic acids is 1. The molecule has 0 saturated carbocycles. The summed E-state index contributed by atoms with van der Waals surface area (Å²) in [6.45, 7) is 2.71. The molecule has 0 spiro atoms. The summed E-state index contributed by atoms with van der Waals surface area (Å²) < 4.78 is 10.8. The van der Waals surface area contributed by atoms with Gasteiger partial charge in [0.15, 0.2) is 0 Å². The fraction of sp³-hybridized carbons (Fsp3) is 0.533. The number of ether oxygens (including phenoxy) is 2. The number of carboxylic acid groups (broad SMARTS) is 1. The highest BCUT2D eigenvalue weighted by atomic mass is 16.5. The molecule has 116 valence electrons. The van der Waals surface area contributed by atoms with Crippen LogP contribution in [0.3, 0.4) is 0 Å². The van der Waals surface area contributed by atoms with Crippen molar-refractivity contribution in [1.82, 2.24) is 4.90 Å². The fourth-order valence-electron chi connectivity index (χ4n) is 2.42. The molecule has 1 saturated heterocycles. The highest BCUT2D eigenvalue weighted by molar-refractivity contribution is 5.67. The minimum atomic E-state index is -0.810. The predicted octanol–water partition coefficient (Wildman–Crippen LogP) is 0.733. The van der Waals surface area contributed by atoms with Crippen molar-refractivity contribution < 1.29 is 24.5 Å². The number of benzene rings is 1. The van der Waals surface area contributed by atoms with Crippen LogP contribution < -0.4 is 4.74 Å². The number of carboxylic acids is 1. The second kappa shape index (κ2) is 7.97. The summed E-state index contributed by atoms with van der Waals surface area (Å²) in [5.41, 5.74) is 1.06. The normalized spacial score (nSPS) is 19.4. The second-order valence-corrected chi connectivity index (χ2v) is 5.02. The number of carbonyl (C=O) groups is 1. The first-order chi connectivity index (χ1) is 10.2. The van der Waals surface area contributed by atoms with E-state index < -0.39 is 5.97 Å². The second-order valence-electron chi connectivity index (χ2n) is 5.02. The van der Waals surface area contributed by atoms with Crippen molar-refractivity contribution in [1.29, 1.82) is 0 Å². The lowest BCUT2D eigenvalue weighted by Gasteiger charge is -2.34. The molecule has 1 heterocycles. The largest absolute Gasteiger partial charge is 0.491 e. The standard InChI is InChI=1S/C15H21NO5/c17-5-7-21-14-3-1-2-12(8-14)10-16-4-6-20-11-13(16)9-15(18)19/h1-3,8,13,17H,4-7,9-11H2,(H,18,19)/t13-/m1/s1. The molecule has 6 heteroatoms. The number of hydrogen-bond donors (Lipinski definition) is 2. The molecule has 1 aromatic rings. The molecule has 0 bridgehead atoms. The van der Waals surface area contributed by atoms with Gasteiger partial charge < -0.3 is 19.7 Å². The zero-order chi connectivity index (χ0) is 15.1. The minimum absolute atomic E-state index is 0.0195. The van der Waals surface area contributed by atoms with Gasteiger partial charge in [-0.15, -0.1) is 0 Å². The molecule has 2 rings (SSSR count). The molecular formula is C15H21NO5. The van der Waals surface area contributed by atoms with Crippen LogP contribution in [0.25, 0.3) is 0 Å². The summed E-state index contributed by atoms with van der Waals surface area (Å²) in [5.74, 6) is -0.0971. The van der Waals surface area contributed by atoms with Crippen molar-refractivity contribution in [2.24, 2.45) is 0 Å². The Morgan fingerprint density at radius 2 is 2.33 bits per heavy atom. The quantitative estimate of drug-likeness (QED) is 0.772. The molecule has 6 nitrogen and oxygen atoms in total. The third kappa shape index (κ3) is 5.00. The van der Waals surface area contributed by atoms with E-state index in [0.29, 0.717) is 25.5 Å². The molecule has 0 aromatic heterocycles. The first-order valence-electron chi connectivity index (χ1n) is 7.05. The van der Waals surface area contributed by atoms with Crippen LogP contribution >= 0.6 is 0 Å². The first kappa shape index (κ1) is 15.8. The maximum atomic E-state index is 10.9. The average molecular weight is 295 g/mol. The van der Waals surface area contributed by atoms with E-state index in [1.807, 2.05) is 24.3 Å². The van der Waals surface area contributed by atoms with Gasteiger partial charge in [0.1, 0.15) is 12.4 Å². The van der Waals surface area contributed by atoms with E-state index in [1.54, 1.807) is 0 Å². The molecule has 1 aliphatic rings. The van der Waals surface area contributed by atoms with Crippen molar-refractivity contribution in [2.75, 3.05) is 33.0 Å². The Kier molecular flexibility index (Phi) is 5.98. The average Bonchev–Trinajstić information content (AvgIpc) is 2.47. The molecule has 0 unspecified atom stereocenters. The molecule has 0 radical (unpaired) electrons. The van der Waals surface area contributed by atoms with Crippen molar-refractivity contribution in [3.63, 3.8) is 0 Å². The Hall–Kier alpha value is -1.63. The van der Waals surface area contributed by atoms with Gasteiger partial charge in [-0.25, -0.2) is 0 Å². The van der Waals surface area contributed by atoms with E-state index >= 15 is 0 Å². The van der Waals surface area contributed by atoms with Gasteiger partial charge in [0.25, 0.3) is 0 Å². The van der Waals surface area contributed by atoms with Crippen LogP contribution in [0, 0.1) is 0 Å². The first-order valence-corrected chi connectivity index (χ1v) is 7.05. The van der Waals surface area contributed by atoms with Crippen molar-refractivity contribution in [3.05, 3.63) is 29.8 Å². The zero-order valence-electron chi connectivity index (χ0n) is 11.9. The topological polar surface area (TPSA) is 79.2 Å². The van der Waals surface area contributed by atoms with Crippen LogP contribution in [0.1, 0.15) is 12.0 Å². The van der Waals surface area contributed by atoms with Gasteiger partial charge in [0, 0.05) is 19.1 Å². The van der Waals surface area contributed by atoms with E-state index in [9.17, 15) is 4.79 Å². The zero-order valence-corrected chi connectivity index (χ0v) is 11.9. The van der Waals surface area contributed by atoms with Gasteiger partial charge in [-0.2, -0.15) is 0 Å². The van der Waals surface area contributed by atoms with Crippen LogP contribution in [0.5, 0.6) is 5.75 Å². The highest BCUT2D eigenvalue weighted by Gasteiger charge is 2.25. The summed E-state index contributed by atoms with van der Waals surface area (Å²) in [6, 6.07) is 7.54. The number of aliphatic hydroxyl groups is 1. The molecule has 2 N–H and O–H groups in total. The van der Waals surface area contributed by atoms with Gasteiger partial charge in [-0.05, 0) is 17.7 Å². The Morgan fingerprint density at radius 1 is 1.48 bits per heavy atom. The maximum Gasteiger partial charge on any atom is 0.305 e. The van der Waals surface area contributed by atoms with Crippen LogP contribution in [-0.4, -0.2) is 60.1 Å². The third-order valence-electron chi connectivity index (χ3n) is 3.40. The Balaban J connectivity index is 1.99. The fourth-order valence-corrected chi connectivity index (χ4v) is 2.42. The molecule has 1 atom stereocenters. The lowest BCUT2D eigenvalue weighted by molar-refractivity contribution is -0.140. The lowest BCUT2D eigenvalue weighted by Crippen LogP contribution is -2.45. The van der Waals surface area contributed by atoms with Crippen LogP contribution in [0.2, 0.25) is 0 Å². The number of rotatable bonds is 7. The minimum Gasteiger partial charge on any atom is -0.491 e. The van der Waals surface area contributed by atoms with Crippen LogP contribution in [-0.2, 0) is 16.1 Å². The summed E-state index contributed by atoms with van der Waals surface area (Å²) in [7, 11) is 0. The highest BCUT2D eigenvalue weighted by Crippen LogP contribution is 2.18. The van der Waals surface area contributed by atoms with Gasteiger partial charge in [-0.1, -0.05) is 12.1 Å². The van der Waals surface area contributed by atoms with Crippen molar-refractivity contribution >= 4 is 5.97 Å².